The molecule has 1 N–H and O–H groups in total. The van der Waals surface area contributed by atoms with E-state index in [-0.39, 0.29) is 17.3 Å². The van der Waals surface area contributed by atoms with Crippen molar-refractivity contribution in [3.05, 3.63) is 89.4 Å². The monoisotopic (exact) mass is 472 g/mol. The smallest absolute Gasteiger partial charge is 0.264 e. The van der Waals surface area contributed by atoms with Crippen molar-refractivity contribution in [3.8, 4) is 5.75 Å². The zero-order valence-corrected chi connectivity index (χ0v) is 19.3. The summed E-state index contributed by atoms with van der Waals surface area (Å²) in [6, 6.07) is 22.2. The molecule has 0 atom stereocenters. The van der Waals surface area contributed by atoms with E-state index >= 15 is 0 Å². The molecule has 3 aromatic carbocycles. The van der Waals surface area contributed by atoms with Crippen molar-refractivity contribution in [1.82, 2.24) is 5.32 Å². The van der Waals surface area contributed by atoms with Crippen LogP contribution in [0.15, 0.2) is 83.8 Å². The van der Waals surface area contributed by atoms with Crippen LogP contribution in [0.25, 0.3) is 0 Å². The normalized spacial score (nSPS) is 11.1. The number of benzene rings is 3. The minimum atomic E-state index is -3.95. The van der Waals surface area contributed by atoms with Gasteiger partial charge in [-0.1, -0.05) is 48.0 Å². The number of amides is 1. The largest absolute Gasteiger partial charge is 0.496 e. The number of anilines is 1. The first kappa shape index (κ1) is 23.6. The Balaban J connectivity index is 1.67. The van der Waals surface area contributed by atoms with Gasteiger partial charge in [-0.25, -0.2) is 8.42 Å². The summed E-state index contributed by atoms with van der Waals surface area (Å²) < 4.78 is 33.0. The Morgan fingerprint density at radius 3 is 2.31 bits per heavy atom. The van der Waals surface area contributed by atoms with Gasteiger partial charge in [0.2, 0.25) is 5.91 Å². The van der Waals surface area contributed by atoms with E-state index in [2.05, 4.69) is 5.32 Å². The lowest BCUT2D eigenvalue weighted by atomic mass is 10.1. The number of nitrogens with one attached hydrogen (secondary N) is 1. The fourth-order valence-corrected chi connectivity index (χ4v) is 4.79. The van der Waals surface area contributed by atoms with Gasteiger partial charge in [-0.2, -0.15) is 0 Å². The minimum Gasteiger partial charge on any atom is -0.496 e. The first-order valence-corrected chi connectivity index (χ1v) is 12.0. The number of hydrogen-bond acceptors (Lipinski definition) is 4. The van der Waals surface area contributed by atoms with Crippen molar-refractivity contribution >= 4 is 33.2 Å². The van der Waals surface area contributed by atoms with Gasteiger partial charge in [0, 0.05) is 11.6 Å². The summed E-state index contributed by atoms with van der Waals surface area (Å²) in [6.45, 7) is 0.0874. The van der Waals surface area contributed by atoms with Gasteiger partial charge in [0.05, 0.1) is 17.7 Å². The number of halogens is 1. The number of carbonyl (C=O) groups is 1. The SMILES string of the molecule is COc1ccccc1CCCNC(=O)CN(c1ccccc1)S(=O)(=O)c1ccc(Cl)cc1. The van der Waals surface area contributed by atoms with E-state index in [0.717, 1.165) is 22.0 Å². The van der Waals surface area contributed by atoms with Gasteiger partial charge in [-0.05, 0) is 60.9 Å². The Morgan fingerprint density at radius 1 is 0.969 bits per heavy atom. The highest BCUT2D eigenvalue weighted by Gasteiger charge is 2.27. The Kier molecular flexibility index (Phi) is 8.14. The van der Waals surface area contributed by atoms with Crippen molar-refractivity contribution < 1.29 is 17.9 Å². The van der Waals surface area contributed by atoms with Gasteiger partial charge in [-0.15, -0.1) is 0 Å². The summed E-state index contributed by atoms with van der Waals surface area (Å²) in [5, 5.41) is 3.25. The van der Waals surface area contributed by atoms with Crippen LogP contribution in [0.2, 0.25) is 5.02 Å². The minimum absolute atomic E-state index is 0.0646. The lowest BCUT2D eigenvalue weighted by Crippen LogP contribution is -2.41. The van der Waals surface area contributed by atoms with Crippen molar-refractivity contribution in [2.75, 3.05) is 24.5 Å². The molecule has 0 aliphatic heterocycles. The Bertz CT molecular complexity index is 1140. The highest BCUT2D eigenvalue weighted by Crippen LogP contribution is 2.24. The van der Waals surface area contributed by atoms with E-state index in [0.29, 0.717) is 23.7 Å². The number of nitrogens with zero attached hydrogens (tertiary/aromatic N) is 1. The van der Waals surface area contributed by atoms with Gasteiger partial charge >= 0.3 is 0 Å². The van der Waals surface area contributed by atoms with Crippen LogP contribution in [-0.2, 0) is 21.2 Å². The van der Waals surface area contributed by atoms with Crippen molar-refractivity contribution in [1.29, 1.82) is 0 Å². The second kappa shape index (κ2) is 11.0. The summed E-state index contributed by atoms with van der Waals surface area (Å²) in [7, 11) is -2.33. The third kappa shape index (κ3) is 6.02. The lowest BCUT2D eigenvalue weighted by Gasteiger charge is -2.24. The predicted octanol–water partition coefficient (Wildman–Crippen LogP) is 4.29. The Labute approximate surface area is 193 Å². The van der Waals surface area contributed by atoms with E-state index in [1.54, 1.807) is 37.4 Å². The topological polar surface area (TPSA) is 75.7 Å². The first-order chi connectivity index (χ1) is 15.4. The molecule has 1 amide bonds. The zero-order valence-electron chi connectivity index (χ0n) is 17.7. The molecular weight excluding hydrogens is 448 g/mol. The molecule has 0 radical (unpaired) electrons. The highest BCUT2D eigenvalue weighted by atomic mass is 35.5. The molecule has 0 fully saturated rings. The van der Waals surface area contributed by atoms with Crippen molar-refractivity contribution in [3.63, 3.8) is 0 Å². The van der Waals surface area contributed by atoms with Crippen molar-refractivity contribution in [2.24, 2.45) is 0 Å². The van der Waals surface area contributed by atoms with Crippen LogP contribution in [0.4, 0.5) is 5.69 Å². The molecule has 0 aliphatic carbocycles. The molecule has 0 saturated heterocycles. The zero-order chi connectivity index (χ0) is 23.0. The molecule has 6 nitrogen and oxygen atoms in total. The molecule has 0 saturated carbocycles. The molecule has 3 rings (SSSR count). The Morgan fingerprint density at radius 2 is 1.62 bits per heavy atom. The fraction of sp³-hybridized carbons (Fsp3) is 0.208. The molecule has 0 spiro atoms. The van der Waals surface area contributed by atoms with Gasteiger partial charge in [-0.3, -0.25) is 9.10 Å². The van der Waals surface area contributed by atoms with E-state index in [1.807, 2.05) is 24.3 Å². The third-order valence-corrected chi connectivity index (χ3v) is 6.91. The second-order valence-corrected chi connectivity index (χ2v) is 9.37. The van der Waals surface area contributed by atoms with Crippen LogP contribution in [-0.4, -0.2) is 34.5 Å². The van der Waals surface area contributed by atoms with Crippen LogP contribution in [0.3, 0.4) is 0 Å². The first-order valence-electron chi connectivity index (χ1n) is 10.1. The van der Waals surface area contributed by atoms with Gasteiger partial charge in [0.1, 0.15) is 12.3 Å². The van der Waals surface area contributed by atoms with E-state index in [9.17, 15) is 13.2 Å². The maximum Gasteiger partial charge on any atom is 0.264 e. The average Bonchev–Trinajstić information content (AvgIpc) is 2.81. The van der Waals surface area contributed by atoms with Gasteiger partial charge in [0.15, 0.2) is 0 Å². The molecule has 32 heavy (non-hydrogen) atoms. The van der Waals surface area contributed by atoms with E-state index in [1.165, 1.54) is 24.3 Å². The summed E-state index contributed by atoms with van der Waals surface area (Å²) in [5.74, 6) is 0.426. The second-order valence-electron chi connectivity index (χ2n) is 7.07. The molecule has 0 aliphatic rings. The van der Waals surface area contributed by atoms with E-state index in [4.69, 9.17) is 16.3 Å². The van der Waals surface area contributed by atoms with Gasteiger partial charge in [0.25, 0.3) is 10.0 Å². The molecular formula is C24H25ClN2O4S. The molecule has 0 unspecified atom stereocenters. The van der Waals surface area contributed by atoms with Crippen LogP contribution in [0.1, 0.15) is 12.0 Å². The number of methoxy groups -OCH3 is 1. The number of carbonyl (C=O) groups excluding carboxylic acids is 1. The molecule has 0 aromatic heterocycles. The summed E-state index contributed by atoms with van der Waals surface area (Å²) in [6.07, 6.45) is 1.43. The highest BCUT2D eigenvalue weighted by molar-refractivity contribution is 7.92. The van der Waals surface area contributed by atoms with Crippen LogP contribution in [0.5, 0.6) is 5.75 Å². The van der Waals surface area contributed by atoms with Crippen LogP contribution in [0, 0.1) is 0 Å². The van der Waals surface area contributed by atoms with Crippen LogP contribution < -0.4 is 14.4 Å². The average molecular weight is 473 g/mol. The summed E-state index contributed by atoms with van der Waals surface area (Å²) in [5.41, 5.74) is 1.46. The number of sulfonamides is 1. The van der Waals surface area contributed by atoms with E-state index < -0.39 is 10.0 Å². The number of rotatable bonds is 10. The number of hydrogen-bond donors (Lipinski definition) is 1. The molecule has 168 valence electrons. The number of para-hydroxylation sites is 2. The quantitative estimate of drug-likeness (QED) is 0.446. The lowest BCUT2D eigenvalue weighted by molar-refractivity contribution is -0.119. The standard InChI is InChI=1S/C24H25ClN2O4S/c1-31-23-12-6-5-8-19(23)9-7-17-26-24(28)18-27(21-10-3-2-4-11-21)32(29,30)22-15-13-20(25)14-16-22/h2-6,8,10-16H,7,9,17-18H2,1H3,(H,26,28). The van der Waals surface area contributed by atoms with Crippen LogP contribution >= 0.6 is 11.6 Å². The molecule has 0 bridgehead atoms. The maximum absolute atomic E-state index is 13.3. The number of ether oxygens (including phenoxy) is 1. The maximum atomic E-state index is 13.3. The summed E-state index contributed by atoms with van der Waals surface area (Å²) >= 11 is 5.90. The Hall–Kier alpha value is -3.03. The molecule has 0 heterocycles. The number of aryl methyl sites for hydroxylation is 1. The predicted molar refractivity (Wildman–Crippen MR) is 127 cm³/mol. The van der Waals surface area contributed by atoms with Crippen molar-refractivity contribution in [2.45, 2.75) is 17.7 Å². The molecule has 3 aromatic rings. The fourth-order valence-electron chi connectivity index (χ4n) is 3.25. The third-order valence-electron chi connectivity index (χ3n) is 4.87. The molecule has 8 heteroatoms. The van der Waals surface area contributed by atoms with Gasteiger partial charge < -0.3 is 10.1 Å². The summed E-state index contributed by atoms with van der Waals surface area (Å²) in [4.78, 5) is 12.7.